The van der Waals surface area contributed by atoms with Crippen LogP contribution in [0.15, 0.2) is 30.5 Å². The van der Waals surface area contributed by atoms with Crippen LogP contribution in [0.2, 0.25) is 0 Å². The molecule has 21 heavy (non-hydrogen) atoms. The van der Waals surface area contributed by atoms with Gasteiger partial charge in [-0.2, -0.15) is 0 Å². The summed E-state index contributed by atoms with van der Waals surface area (Å²) in [6.45, 7) is 0. The lowest BCUT2D eigenvalue weighted by Gasteiger charge is -2.03. The van der Waals surface area contributed by atoms with Gasteiger partial charge in [-0.3, -0.25) is 0 Å². The van der Waals surface area contributed by atoms with E-state index in [1.807, 2.05) is 0 Å². The zero-order chi connectivity index (χ0) is 15.0. The number of aromatic nitrogens is 3. The Morgan fingerprint density at radius 1 is 1.38 bits per heavy atom. The van der Waals surface area contributed by atoms with Gasteiger partial charge in [-0.05, 0) is 24.3 Å². The molecule has 0 unspecified atom stereocenters. The van der Waals surface area contributed by atoms with E-state index in [0.29, 0.717) is 22.6 Å². The first-order chi connectivity index (χ1) is 10.1. The maximum Gasteiger partial charge on any atom is 0.337 e. The first kappa shape index (κ1) is 13.0. The fraction of sp³-hybridized carbons (Fsp3) is 0.0714. The van der Waals surface area contributed by atoms with Crippen LogP contribution in [-0.2, 0) is 0 Å². The number of benzene rings is 1. The Hall–Kier alpha value is -2.96. The van der Waals surface area contributed by atoms with Gasteiger partial charge in [-0.15, -0.1) is 0 Å². The lowest BCUT2D eigenvalue weighted by molar-refractivity contribution is 0.0696. The molecule has 0 atom stereocenters. The summed E-state index contributed by atoms with van der Waals surface area (Å²) in [5.41, 5.74) is 1.56. The maximum atomic E-state index is 13.4. The van der Waals surface area contributed by atoms with E-state index in [2.05, 4.69) is 15.0 Å². The van der Waals surface area contributed by atoms with Crippen molar-refractivity contribution in [2.45, 2.75) is 0 Å². The molecule has 3 rings (SSSR count). The molecule has 2 N–H and O–H groups in total. The van der Waals surface area contributed by atoms with E-state index in [1.165, 1.54) is 31.5 Å². The number of fused-ring (bicyclic) bond motifs is 1. The van der Waals surface area contributed by atoms with Crippen molar-refractivity contribution in [2.75, 3.05) is 7.11 Å². The van der Waals surface area contributed by atoms with Crippen LogP contribution in [0, 0.1) is 5.82 Å². The third-order valence-corrected chi connectivity index (χ3v) is 3.01. The lowest BCUT2D eigenvalue weighted by Crippen LogP contribution is -1.96. The summed E-state index contributed by atoms with van der Waals surface area (Å²) in [5.74, 6) is -0.974. The van der Waals surface area contributed by atoms with Gasteiger partial charge >= 0.3 is 5.97 Å². The largest absolute Gasteiger partial charge is 0.494 e. The third kappa shape index (κ3) is 2.29. The highest BCUT2D eigenvalue weighted by Crippen LogP contribution is 2.26. The zero-order valence-electron chi connectivity index (χ0n) is 10.9. The number of imidazole rings is 1. The summed E-state index contributed by atoms with van der Waals surface area (Å²) in [6.07, 6.45) is 1.24. The number of aromatic amines is 1. The third-order valence-electron chi connectivity index (χ3n) is 3.01. The number of pyridine rings is 1. The van der Waals surface area contributed by atoms with Gasteiger partial charge in [0.2, 0.25) is 0 Å². The monoisotopic (exact) mass is 287 g/mol. The lowest BCUT2D eigenvalue weighted by atomic mass is 10.2. The van der Waals surface area contributed by atoms with Crippen molar-refractivity contribution < 1.29 is 19.0 Å². The van der Waals surface area contributed by atoms with Crippen molar-refractivity contribution in [3.8, 4) is 17.1 Å². The molecule has 6 nitrogen and oxygen atoms in total. The zero-order valence-corrected chi connectivity index (χ0v) is 10.9. The number of methoxy groups -OCH3 is 1. The van der Waals surface area contributed by atoms with Crippen molar-refractivity contribution in [3.05, 3.63) is 41.8 Å². The topological polar surface area (TPSA) is 88.1 Å². The van der Waals surface area contributed by atoms with E-state index >= 15 is 0 Å². The van der Waals surface area contributed by atoms with Gasteiger partial charge in [0.15, 0.2) is 17.2 Å². The number of H-pyrrole nitrogens is 1. The molecule has 0 saturated carbocycles. The molecular weight excluding hydrogens is 277 g/mol. The van der Waals surface area contributed by atoms with Crippen LogP contribution in [0.4, 0.5) is 4.39 Å². The molecule has 0 aliphatic carbocycles. The molecule has 1 aromatic carbocycles. The first-order valence-electron chi connectivity index (χ1n) is 6.01. The summed E-state index contributed by atoms with van der Waals surface area (Å²) in [6, 6.07) is 5.78. The van der Waals surface area contributed by atoms with Crippen LogP contribution in [0.5, 0.6) is 5.75 Å². The van der Waals surface area contributed by atoms with Gasteiger partial charge in [-0.1, -0.05) is 0 Å². The molecule has 106 valence electrons. The Morgan fingerprint density at radius 2 is 2.19 bits per heavy atom. The van der Waals surface area contributed by atoms with E-state index in [0.717, 1.165) is 0 Å². The van der Waals surface area contributed by atoms with E-state index in [1.54, 1.807) is 6.07 Å². The van der Waals surface area contributed by atoms with Gasteiger partial charge in [-0.25, -0.2) is 19.2 Å². The first-order valence-corrected chi connectivity index (χ1v) is 6.01. The highest BCUT2D eigenvalue weighted by Gasteiger charge is 2.12. The summed E-state index contributed by atoms with van der Waals surface area (Å²) in [4.78, 5) is 22.1. The summed E-state index contributed by atoms with van der Waals surface area (Å²) >= 11 is 0. The maximum absolute atomic E-state index is 13.4. The molecule has 0 radical (unpaired) electrons. The molecule has 0 bridgehead atoms. The normalized spacial score (nSPS) is 10.8. The average Bonchev–Trinajstić information content (AvgIpc) is 2.90. The number of hydrogen-bond acceptors (Lipinski definition) is 4. The van der Waals surface area contributed by atoms with Crippen LogP contribution in [-0.4, -0.2) is 33.1 Å². The number of aromatic carboxylic acids is 1. The van der Waals surface area contributed by atoms with Crippen molar-refractivity contribution in [1.82, 2.24) is 15.0 Å². The van der Waals surface area contributed by atoms with Crippen molar-refractivity contribution in [3.63, 3.8) is 0 Å². The Labute approximate surface area is 118 Å². The molecule has 0 aliphatic heterocycles. The fourth-order valence-corrected chi connectivity index (χ4v) is 1.96. The van der Waals surface area contributed by atoms with E-state index in [9.17, 15) is 9.18 Å². The van der Waals surface area contributed by atoms with Crippen molar-refractivity contribution >= 4 is 17.1 Å². The molecular formula is C14H10FN3O3. The highest BCUT2D eigenvalue weighted by atomic mass is 19.1. The second-order valence-electron chi connectivity index (χ2n) is 4.34. The van der Waals surface area contributed by atoms with Gasteiger partial charge in [0, 0.05) is 11.8 Å². The van der Waals surface area contributed by atoms with Gasteiger partial charge in [0.25, 0.3) is 0 Å². The number of hydrogen-bond donors (Lipinski definition) is 2. The van der Waals surface area contributed by atoms with Crippen LogP contribution >= 0.6 is 0 Å². The molecule has 0 spiro atoms. The molecule has 2 aromatic heterocycles. The SMILES string of the molecule is COc1cc(-c2nc3ncc(C(=O)O)cc3[nH]2)ccc1F. The molecule has 0 fully saturated rings. The fourth-order valence-electron chi connectivity index (χ4n) is 1.96. The predicted octanol–water partition coefficient (Wildman–Crippen LogP) is 2.47. The number of carboxylic acid groups (broad SMARTS) is 1. The van der Waals surface area contributed by atoms with Crippen LogP contribution < -0.4 is 4.74 Å². The summed E-state index contributed by atoms with van der Waals surface area (Å²) in [7, 11) is 1.38. The summed E-state index contributed by atoms with van der Waals surface area (Å²) < 4.78 is 18.3. The van der Waals surface area contributed by atoms with Crippen LogP contribution in [0.25, 0.3) is 22.6 Å². The van der Waals surface area contributed by atoms with Crippen molar-refractivity contribution in [2.24, 2.45) is 0 Å². The van der Waals surface area contributed by atoms with E-state index in [4.69, 9.17) is 9.84 Å². The van der Waals surface area contributed by atoms with Gasteiger partial charge < -0.3 is 14.8 Å². The van der Waals surface area contributed by atoms with Crippen LogP contribution in [0.1, 0.15) is 10.4 Å². The molecule has 0 saturated heterocycles. The number of carboxylic acids is 1. The predicted molar refractivity (Wildman–Crippen MR) is 72.8 cm³/mol. The van der Waals surface area contributed by atoms with E-state index in [-0.39, 0.29) is 11.3 Å². The standard InChI is InChI=1S/C14H10FN3O3/c1-21-11-5-7(2-3-9(11)15)12-17-10-4-8(14(19)20)6-16-13(10)18-12/h2-6H,1H3,(H,19,20)(H,16,17,18). The van der Waals surface area contributed by atoms with Crippen LogP contribution in [0.3, 0.4) is 0 Å². The number of nitrogens with zero attached hydrogens (tertiary/aromatic N) is 2. The Morgan fingerprint density at radius 3 is 2.90 bits per heavy atom. The Kier molecular flexibility index (Phi) is 3.02. The highest BCUT2D eigenvalue weighted by molar-refractivity contribution is 5.91. The smallest absolute Gasteiger partial charge is 0.337 e. The van der Waals surface area contributed by atoms with Gasteiger partial charge in [0.1, 0.15) is 5.82 Å². The molecule has 3 aromatic rings. The Balaban J connectivity index is 2.10. The number of carbonyl (C=O) groups is 1. The second-order valence-corrected chi connectivity index (χ2v) is 4.34. The number of halogens is 1. The minimum atomic E-state index is -1.07. The number of ether oxygens (including phenoxy) is 1. The van der Waals surface area contributed by atoms with Crippen molar-refractivity contribution in [1.29, 1.82) is 0 Å². The van der Waals surface area contributed by atoms with Gasteiger partial charge in [0.05, 0.1) is 18.2 Å². The average molecular weight is 287 g/mol. The molecule has 0 aliphatic rings. The second kappa shape index (κ2) is 4.86. The van der Waals surface area contributed by atoms with E-state index < -0.39 is 11.8 Å². The minimum Gasteiger partial charge on any atom is -0.494 e. The number of rotatable bonds is 3. The molecule has 7 heteroatoms. The molecule has 0 amide bonds. The Bertz CT molecular complexity index is 845. The number of nitrogens with one attached hydrogen (secondary N) is 1. The quantitative estimate of drug-likeness (QED) is 0.772. The summed E-state index contributed by atoms with van der Waals surface area (Å²) in [5, 5.41) is 8.93. The molecule has 2 heterocycles. The minimum absolute atomic E-state index is 0.0642.